The van der Waals surface area contributed by atoms with E-state index in [1.54, 1.807) is 12.1 Å². The number of carboxylic acid groups (broad SMARTS) is 1. The van der Waals surface area contributed by atoms with Gasteiger partial charge in [0.05, 0.1) is 11.3 Å². The van der Waals surface area contributed by atoms with Gasteiger partial charge in [-0.05, 0) is 36.6 Å². The first kappa shape index (κ1) is 18.2. The SMILES string of the molecule is CCCCCCCCCc1ccc(-c2ccc(C(=O)O)cc2)nc1. The number of aromatic carboxylic acids is 1. The lowest BCUT2D eigenvalue weighted by atomic mass is 10.0. The Morgan fingerprint density at radius 2 is 1.58 bits per heavy atom. The van der Waals surface area contributed by atoms with Crippen LogP contribution >= 0.6 is 0 Å². The lowest BCUT2D eigenvalue weighted by Gasteiger charge is -2.05. The third-order valence-corrected chi connectivity index (χ3v) is 4.32. The van der Waals surface area contributed by atoms with Gasteiger partial charge in [-0.2, -0.15) is 0 Å². The van der Waals surface area contributed by atoms with Gasteiger partial charge in [-0.3, -0.25) is 4.98 Å². The molecular weight excluding hydrogens is 298 g/mol. The van der Waals surface area contributed by atoms with Crippen molar-refractivity contribution in [3.05, 3.63) is 53.7 Å². The van der Waals surface area contributed by atoms with Crippen molar-refractivity contribution in [3.63, 3.8) is 0 Å². The Morgan fingerprint density at radius 1 is 0.917 bits per heavy atom. The van der Waals surface area contributed by atoms with Gasteiger partial charge in [0.15, 0.2) is 0 Å². The van der Waals surface area contributed by atoms with Crippen LogP contribution in [0.25, 0.3) is 11.3 Å². The number of pyridine rings is 1. The number of unbranched alkanes of at least 4 members (excludes halogenated alkanes) is 6. The smallest absolute Gasteiger partial charge is 0.335 e. The van der Waals surface area contributed by atoms with E-state index in [9.17, 15) is 4.79 Å². The van der Waals surface area contributed by atoms with Crippen molar-refractivity contribution in [2.24, 2.45) is 0 Å². The van der Waals surface area contributed by atoms with E-state index in [1.165, 1.54) is 50.5 Å². The molecule has 0 bridgehead atoms. The van der Waals surface area contributed by atoms with E-state index < -0.39 is 5.97 Å². The number of hydrogen-bond donors (Lipinski definition) is 1. The molecular formula is C21H27NO2. The minimum absolute atomic E-state index is 0.300. The van der Waals surface area contributed by atoms with E-state index in [0.717, 1.165) is 17.7 Å². The van der Waals surface area contributed by atoms with E-state index >= 15 is 0 Å². The molecule has 0 aliphatic rings. The van der Waals surface area contributed by atoms with Crippen LogP contribution in [-0.4, -0.2) is 16.1 Å². The van der Waals surface area contributed by atoms with Crippen LogP contribution in [0.4, 0.5) is 0 Å². The number of aryl methyl sites for hydroxylation is 1. The number of carbonyl (C=O) groups is 1. The number of rotatable bonds is 10. The van der Waals surface area contributed by atoms with Crippen LogP contribution in [0.1, 0.15) is 67.8 Å². The molecule has 1 aromatic carbocycles. The minimum atomic E-state index is -0.903. The van der Waals surface area contributed by atoms with Crippen molar-refractivity contribution >= 4 is 5.97 Å². The van der Waals surface area contributed by atoms with Gasteiger partial charge in [0, 0.05) is 11.8 Å². The molecule has 2 rings (SSSR count). The van der Waals surface area contributed by atoms with Crippen LogP contribution in [-0.2, 0) is 6.42 Å². The zero-order chi connectivity index (χ0) is 17.2. The second-order valence-electron chi connectivity index (χ2n) is 6.31. The van der Waals surface area contributed by atoms with E-state index in [4.69, 9.17) is 5.11 Å². The van der Waals surface area contributed by atoms with Crippen LogP contribution in [0.15, 0.2) is 42.6 Å². The molecule has 0 fully saturated rings. The Kier molecular flexibility index (Phi) is 7.47. The van der Waals surface area contributed by atoms with Gasteiger partial charge in [-0.25, -0.2) is 4.79 Å². The highest BCUT2D eigenvalue weighted by atomic mass is 16.4. The largest absolute Gasteiger partial charge is 0.478 e. The fourth-order valence-corrected chi connectivity index (χ4v) is 2.81. The molecule has 0 atom stereocenters. The first-order chi connectivity index (χ1) is 11.7. The molecule has 1 heterocycles. The number of benzene rings is 1. The predicted octanol–water partition coefficient (Wildman–Crippen LogP) is 5.74. The summed E-state index contributed by atoms with van der Waals surface area (Å²) < 4.78 is 0. The van der Waals surface area contributed by atoms with Crippen LogP contribution in [0.5, 0.6) is 0 Å². The second-order valence-corrected chi connectivity index (χ2v) is 6.31. The first-order valence-electron chi connectivity index (χ1n) is 8.99. The molecule has 0 radical (unpaired) electrons. The van der Waals surface area contributed by atoms with Gasteiger partial charge in [0.1, 0.15) is 0 Å². The van der Waals surface area contributed by atoms with Gasteiger partial charge in [-0.1, -0.05) is 63.6 Å². The number of carboxylic acids is 1. The molecule has 0 amide bonds. The molecule has 0 aliphatic carbocycles. The van der Waals surface area contributed by atoms with Gasteiger partial charge in [-0.15, -0.1) is 0 Å². The number of aromatic nitrogens is 1. The monoisotopic (exact) mass is 325 g/mol. The second kappa shape index (κ2) is 9.86. The summed E-state index contributed by atoms with van der Waals surface area (Å²) in [6.45, 7) is 2.25. The number of nitrogens with zero attached hydrogens (tertiary/aromatic N) is 1. The number of hydrogen-bond acceptors (Lipinski definition) is 2. The lowest BCUT2D eigenvalue weighted by molar-refractivity contribution is 0.0697. The zero-order valence-electron chi connectivity index (χ0n) is 14.5. The molecule has 24 heavy (non-hydrogen) atoms. The van der Waals surface area contributed by atoms with Gasteiger partial charge < -0.3 is 5.11 Å². The van der Waals surface area contributed by atoms with Crippen molar-refractivity contribution in [2.45, 2.75) is 58.3 Å². The van der Waals surface area contributed by atoms with E-state index in [2.05, 4.69) is 18.0 Å². The van der Waals surface area contributed by atoms with Crippen molar-refractivity contribution in [2.75, 3.05) is 0 Å². The van der Waals surface area contributed by atoms with Crippen molar-refractivity contribution in [1.29, 1.82) is 0 Å². The van der Waals surface area contributed by atoms with E-state index in [-0.39, 0.29) is 0 Å². The van der Waals surface area contributed by atoms with Crippen molar-refractivity contribution in [3.8, 4) is 11.3 Å². The van der Waals surface area contributed by atoms with Gasteiger partial charge in [0.2, 0.25) is 0 Å². The summed E-state index contributed by atoms with van der Waals surface area (Å²) in [5.74, 6) is -0.903. The molecule has 1 aromatic heterocycles. The molecule has 1 N–H and O–H groups in total. The fourth-order valence-electron chi connectivity index (χ4n) is 2.81. The highest BCUT2D eigenvalue weighted by Gasteiger charge is 2.04. The maximum atomic E-state index is 10.9. The Bertz CT molecular complexity index is 617. The third kappa shape index (κ3) is 5.80. The molecule has 0 spiro atoms. The molecule has 3 nitrogen and oxygen atoms in total. The first-order valence-corrected chi connectivity index (χ1v) is 8.99. The molecule has 3 heteroatoms. The van der Waals surface area contributed by atoms with Crippen LogP contribution in [0, 0.1) is 0 Å². The fraction of sp³-hybridized carbons (Fsp3) is 0.429. The quantitative estimate of drug-likeness (QED) is 0.567. The van der Waals surface area contributed by atoms with Crippen molar-refractivity contribution < 1.29 is 9.90 Å². The normalized spacial score (nSPS) is 10.7. The molecule has 0 aliphatic heterocycles. The van der Waals surface area contributed by atoms with Crippen LogP contribution < -0.4 is 0 Å². The Hall–Kier alpha value is -2.16. The average Bonchev–Trinajstić information content (AvgIpc) is 2.61. The zero-order valence-corrected chi connectivity index (χ0v) is 14.5. The maximum absolute atomic E-state index is 10.9. The summed E-state index contributed by atoms with van der Waals surface area (Å²) in [7, 11) is 0. The van der Waals surface area contributed by atoms with Gasteiger partial charge in [0.25, 0.3) is 0 Å². The summed E-state index contributed by atoms with van der Waals surface area (Å²) in [4.78, 5) is 15.4. The highest BCUT2D eigenvalue weighted by molar-refractivity contribution is 5.88. The average molecular weight is 325 g/mol. The summed E-state index contributed by atoms with van der Waals surface area (Å²) in [5, 5.41) is 8.93. The molecule has 0 saturated carbocycles. The Morgan fingerprint density at radius 3 is 2.17 bits per heavy atom. The molecule has 0 unspecified atom stereocenters. The summed E-state index contributed by atoms with van der Waals surface area (Å²) in [6.07, 6.45) is 12.3. The lowest BCUT2D eigenvalue weighted by Crippen LogP contribution is -1.95. The highest BCUT2D eigenvalue weighted by Crippen LogP contribution is 2.19. The van der Waals surface area contributed by atoms with E-state index in [0.29, 0.717) is 5.56 Å². The maximum Gasteiger partial charge on any atom is 0.335 e. The van der Waals surface area contributed by atoms with Gasteiger partial charge >= 0.3 is 5.97 Å². The molecule has 0 saturated heterocycles. The summed E-state index contributed by atoms with van der Waals surface area (Å²) in [6, 6.07) is 11.0. The van der Waals surface area contributed by atoms with Crippen molar-refractivity contribution in [1.82, 2.24) is 4.98 Å². The van der Waals surface area contributed by atoms with Crippen LogP contribution in [0.3, 0.4) is 0 Å². The molecule has 2 aromatic rings. The third-order valence-electron chi connectivity index (χ3n) is 4.32. The predicted molar refractivity (Wildman–Crippen MR) is 98.3 cm³/mol. The Balaban J connectivity index is 1.79. The minimum Gasteiger partial charge on any atom is -0.478 e. The summed E-state index contributed by atoms with van der Waals surface area (Å²) in [5.41, 5.74) is 3.40. The van der Waals surface area contributed by atoms with E-state index in [1.807, 2.05) is 24.4 Å². The topological polar surface area (TPSA) is 50.2 Å². The molecule has 128 valence electrons. The summed E-state index contributed by atoms with van der Waals surface area (Å²) >= 11 is 0. The Labute approximate surface area is 144 Å². The van der Waals surface area contributed by atoms with Crippen LogP contribution in [0.2, 0.25) is 0 Å². The standard InChI is InChI=1S/C21H27NO2/c1-2-3-4-5-6-7-8-9-17-10-15-20(22-16-17)18-11-13-19(14-12-18)21(23)24/h10-16H,2-9H2,1H3,(H,23,24).